The Hall–Kier alpha value is -1.51. The number of carbonyl (C=O) groups is 1. The van der Waals surface area contributed by atoms with Crippen LogP contribution >= 0.6 is 0 Å². The fourth-order valence-corrected chi connectivity index (χ4v) is 1.31. The Kier molecular flexibility index (Phi) is 4.55. The van der Waals surface area contributed by atoms with Gasteiger partial charge in [0.1, 0.15) is 5.60 Å². The van der Waals surface area contributed by atoms with Crippen molar-refractivity contribution in [1.82, 2.24) is 4.90 Å². The van der Waals surface area contributed by atoms with Crippen LogP contribution in [0.1, 0.15) is 26.3 Å². The second kappa shape index (κ2) is 5.71. The summed E-state index contributed by atoms with van der Waals surface area (Å²) in [6.07, 6.45) is 0.504. The van der Waals surface area contributed by atoms with Gasteiger partial charge in [-0.3, -0.25) is 0 Å². The van der Waals surface area contributed by atoms with Gasteiger partial charge in [-0.1, -0.05) is 24.3 Å². The SMILES string of the molecule is CN(CCc1[c]cccc1)C(=O)OC(C)(C)C. The Morgan fingerprint density at radius 1 is 1.41 bits per heavy atom. The molecule has 0 aliphatic heterocycles. The quantitative estimate of drug-likeness (QED) is 0.804. The van der Waals surface area contributed by atoms with Crippen LogP contribution in [0.4, 0.5) is 4.79 Å². The normalized spacial score (nSPS) is 11.1. The van der Waals surface area contributed by atoms with Gasteiger partial charge in [0, 0.05) is 13.6 Å². The molecule has 0 unspecified atom stereocenters. The molecule has 1 radical (unpaired) electrons. The van der Waals surface area contributed by atoms with Gasteiger partial charge in [-0.25, -0.2) is 4.79 Å². The molecule has 1 aromatic rings. The third kappa shape index (κ3) is 5.38. The maximum Gasteiger partial charge on any atom is 0.410 e. The predicted molar refractivity (Wildman–Crippen MR) is 67.8 cm³/mol. The second-order valence-electron chi connectivity index (χ2n) is 5.04. The molecule has 0 aliphatic carbocycles. The molecular weight excluding hydrogens is 214 g/mol. The number of carbonyl (C=O) groups excluding carboxylic acids is 1. The molecule has 0 saturated carbocycles. The van der Waals surface area contributed by atoms with Crippen LogP contribution < -0.4 is 0 Å². The topological polar surface area (TPSA) is 29.5 Å². The molecule has 0 aliphatic rings. The molecule has 0 aromatic heterocycles. The number of rotatable bonds is 3. The summed E-state index contributed by atoms with van der Waals surface area (Å²) in [6, 6.07) is 10.9. The van der Waals surface area contributed by atoms with Crippen molar-refractivity contribution in [2.45, 2.75) is 32.8 Å². The van der Waals surface area contributed by atoms with Gasteiger partial charge in [-0.05, 0) is 38.8 Å². The molecule has 0 heterocycles. The van der Waals surface area contributed by atoms with Crippen molar-refractivity contribution >= 4 is 6.09 Å². The Morgan fingerprint density at radius 3 is 2.65 bits per heavy atom. The van der Waals surface area contributed by atoms with Crippen LogP contribution in [-0.4, -0.2) is 30.2 Å². The minimum atomic E-state index is -0.440. The van der Waals surface area contributed by atoms with Crippen molar-refractivity contribution in [2.24, 2.45) is 0 Å². The summed E-state index contributed by atoms with van der Waals surface area (Å²) in [5.41, 5.74) is 0.660. The Morgan fingerprint density at radius 2 is 2.12 bits per heavy atom. The van der Waals surface area contributed by atoms with E-state index in [2.05, 4.69) is 6.07 Å². The summed E-state index contributed by atoms with van der Waals surface area (Å²) in [5.74, 6) is 0. The van der Waals surface area contributed by atoms with Crippen LogP contribution in [0.2, 0.25) is 0 Å². The van der Waals surface area contributed by atoms with Gasteiger partial charge >= 0.3 is 6.09 Å². The lowest BCUT2D eigenvalue weighted by molar-refractivity contribution is 0.0301. The smallest absolute Gasteiger partial charge is 0.410 e. The van der Waals surface area contributed by atoms with E-state index in [4.69, 9.17) is 4.74 Å². The van der Waals surface area contributed by atoms with Gasteiger partial charge < -0.3 is 9.64 Å². The molecular formula is C14H20NO2. The first-order valence-electron chi connectivity index (χ1n) is 5.78. The Bertz CT molecular complexity index is 354. The van der Waals surface area contributed by atoms with Gasteiger partial charge in [0.25, 0.3) is 0 Å². The zero-order chi connectivity index (χ0) is 12.9. The van der Waals surface area contributed by atoms with E-state index >= 15 is 0 Å². The van der Waals surface area contributed by atoms with Crippen LogP contribution in [0.25, 0.3) is 0 Å². The van der Waals surface area contributed by atoms with Crippen LogP contribution in [0, 0.1) is 6.07 Å². The maximum absolute atomic E-state index is 11.7. The number of nitrogens with zero attached hydrogens (tertiary/aromatic N) is 1. The average Bonchev–Trinajstić information content (AvgIpc) is 2.25. The standard InChI is InChI=1S/C14H20NO2/c1-14(2,3)17-13(16)15(4)11-10-12-8-6-5-7-9-12/h5-8H,10-11H2,1-4H3. The maximum atomic E-state index is 11.7. The zero-order valence-electron chi connectivity index (χ0n) is 11.0. The van der Waals surface area contributed by atoms with Gasteiger partial charge in [-0.15, -0.1) is 0 Å². The summed E-state index contributed by atoms with van der Waals surface area (Å²) < 4.78 is 5.26. The molecule has 0 bridgehead atoms. The fourth-order valence-electron chi connectivity index (χ4n) is 1.31. The van der Waals surface area contributed by atoms with Crippen molar-refractivity contribution in [2.75, 3.05) is 13.6 Å². The first-order chi connectivity index (χ1) is 7.88. The number of benzene rings is 1. The number of hydrogen-bond donors (Lipinski definition) is 0. The van der Waals surface area contributed by atoms with E-state index in [9.17, 15) is 4.79 Å². The molecule has 17 heavy (non-hydrogen) atoms. The summed E-state index contributed by atoms with van der Waals surface area (Å²) >= 11 is 0. The van der Waals surface area contributed by atoms with Gasteiger partial charge in [-0.2, -0.15) is 0 Å². The van der Waals surface area contributed by atoms with Crippen LogP contribution in [0.15, 0.2) is 24.3 Å². The molecule has 0 fully saturated rings. The van der Waals surface area contributed by atoms with E-state index in [0.29, 0.717) is 6.54 Å². The number of likely N-dealkylation sites (N-methyl/N-ethyl adjacent to an activating group) is 1. The van der Waals surface area contributed by atoms with Crippen molar-refractivity contribution in [3.8, 4) is 0 Å². The number of amides is 1. The van der Waals surface area contributed by atoms with Gasteiger partial charge in [0.2, 0.25) is 0 Å². The molecule has 0 atom stereocenters. The highest BCUT2D eigenvalue weighted by atomic mass is 16.6. The average molecular weight is 234 g/mol. The third-order valence-corrected chi connectivity index (χ3v) is 2.20. The third-order valence-electron chi connectivity index (χ3n) is 2.20. The molecule has 1 rings (SSSR count). The van der Waals surface area contributed by atoms with E-state index in [0.717, 1.165) is 12.0 Å². The minimum absolute atomic E-state index is 0.284. The van der Waals surface area contributed by atoms with Crippen LogP contribution in [0.5, 0.6) is 0 Å². The lowest BCUT2D eigenvalue weighted by Crippen LogP contribution is -2.35. The van der Waals surface area contributed by atoms with E-state index in [-0.39, 0.29) is 6.09 Å². The molecule has 0 saturated heterocycles. The highest BCUT2D eigenvalue weighted by molar-refractivity contribution is 5.67. The van der Waals surface area contributed by atoms with E-state index in [1.54, 1.807) is 11.9 Å². The minimum Gasteiger partial charge on any atom is -0.444 e. The van der Waals surface area contributed by atoms with Crippen molar-refractivity contribution in [1.29, 1.82) is 0 Å². The van der Waals surface area contributed by atoms with E-state index < -0.39 is 5.60 Å². The highest BCUT2D eigenvalue weighted by Crippen LogP contribution is 2.09. The molecule has 3 heteroatoms. The summed E-state index contributed by atoms with van der Waals surface area (Å²) in [6.45, 7) is 6.23. The van der Waals surface area contributed by atoms with Gasteiger partial charge in [0.05, 0.1) is 0 Å². The first kappa shape index (κ1) is 13.6. The largest absolute Gasteiger partial charge is 0.444 e. The van der Waals surface area contributed by atoms with Crippen LogP contribution in [0.3, 0.4) is 0 Å². The monoisotopic (exact) mass is 234 g/mol. The molecule has 0 N–H and O–H groups in total. The summed E-state index contributed by atoms with van der Waals surface area (Å²) in [7, 11) is 1.75. The fraction of sp³-hybridized carbons (Fsp3) is 0.500. The molecule has 1 amide bonds. The summed E-state index contributed by atoms with van der Waals surface area (Å²) in [5, 5.41) is 0. The number of hydrogen-bond acceptors (Lipinski definition) is 2. The van der Waals surface area contributed by atoms with E-state index in [1.807, 2.05) is 45.0 Å². The number of ether oxygens (including phenoxy) is 1. The second-order valence-corrected chi connectivity index (χ2v) is 5.04. The van der Waals surface area contributed by atoms with Crippen molar-refractivity contribution in [3.63, 3.8) is 0 Å². The Balaban J connectivity index is 2.40. The zero-order valence-corrected chi connectivity index (χ0v) is 11.0. The highest BCUT2D eigenvalue weighted by Gasteiger charge is 2.19. The van der Waals surface area contributed by atoms with Crippen molar-refractivity contribution in [3.05, 3.63) is 35.9 Å². The predicted octanol–water partition coefficient (Wildman–Crippen LogP) is 2.90. The summed E-state index contributed by atoms with van der Waals surface area (Å²) in [4.78, 5) is 13.3. The van der Waals surface area contributed by atoms with Gasteiger partial charge in [0.15, 0.2) is 0 Å². The van der Waals surface area contributed by atoms with Crippen molar-refractivity contribution < 1.29 is 9.53 Å². The van der Waals surface area contributed by atoms with E-state index in [1.165, 1.54) is 0 Å². The lowest BCUT2D eigenvalue weighted by Gasteiger charge is -2.24. The molecule has 1 aromatic carbocycles. The van der Waals surface area contributed by atoms with Crippen LogP contribution in [-0.2, 0) is 11.2 Å². The molecule has 3 nitrogen and oxygen atoms in total. The first-order valence-corrected chi connectivity index (χ1v) is 5.78. The Labute approximate surface area is 103 Å². The lowest BCUT2D eigenvalue weighted by atomic mass is 10.1. The molecule has 0 spiro atoms. The molecule has 93 valence electrons.